The van der Waals surface area contributed by atoms with E-state index in [2.05, 4.69) is 11.8 Å². The lowest BCUT2D eigenvalue weighted by Crippen LogP contribution is -2.44. The summed E-state index contributed by atoms with van der Waals surface area (Å²) in [7, 11) is 2.02. The van der Waals surface area contributed by atoms with E-state index in [1.807, 2.05) is 19.2 Å². The van der Waals surface area contributed by atoms with Gasteiger partial charge in [0.05, 0.1) is 0 Å². The van der Waals surface area contributed by atoms with Crippen LogP contribution in [0.2, 0.25) is 0 Å². The molecular formula is C17H24N2O3. The maximum absolute atomic E-state index is 12.6. The summed E-state index contributed by atoms with van der Waals surface area (Å²) in [5.74, 6) is -1.15. The monoisotopic (exact) mass is 304 g/mol. The highest BCUT2D eigenvalue weighted by molar-refractivity contribution is 5.97. The molecule has 1 aliphatic carbocycles. The molecule has 1 fully saturated rings. The number of aliphatic carboxylic acids is 1. The van der Waals surface area contributed by atoms with Gasteiger partial charge in [-0.25, -0.2) is 4.79 Å². The molecule has 0 aliphatic heterocycles. The zero-order valence-electron chi connectivity index (χ0n) is 13.5. The summed E-state index contributed by atoms with van der Waals surface area (Å²) < 4.78 is 0. The lowest BCUT2D eigenvalue weighted by Gasteiger charge is -2.27. The van der Waals surface area contributed by atoms with Gasteiger partial charge in [-0.05, 0) is 50.5 Å². The molecule has 0 heterocycles. The van der Waals surface area contributed by atoms with Crippen LogP contribution in [0, 0.1) is 0 Å². The number of amides is 1. The van der Waals surface area contributed by atoms with E-state index in [1.54, 1.807) is 19.1 Å². The van der Waals surface area contributed by atoms with Crippen molar-refractivity contribution in [3.05, 3.63) is 29.8 Å². The summed E-state index contributed by atoms with van der Waals surface area (Å²) in [4.78, 5) is 27.5. The SMILES string of the molecule is CCCN(C)c1ccc(C(=O)N(C2CC2)C(C)C(=O)O)cc1. The summed E-state index contributed by atoms with van der Waals surface area (Å²) in [5, 5.41) is 9.20. The van der Waals surface area contributed by atoms with Gasteiger partial charge in [-0.15, -0.1) is 0 Å². The molecule has 1 atom stereocenters. The molecule has 0 spiro atoms. The van der Waals surface area contributed by atoms with Gasteiger partial charge in [0.25, 0.3) is 5.91 Å². The average Bonchev–Trinajstić information content (AvgIpc) is 3.32. The van der Waals surface area contributed by atoms with E-state index in [0.29, 0.717) is 5.56 Å². The van der Waals surface area contributed by atoms with E-state index in [1.165, 1.54) is 4.90 Å². The minimum Gasteiger partial charge on any atom is -0.480 e. The Labute approximate surface area is 131 Å². The van der Waals surface area contributed by atoms with Gasteiger partial charge in [0.15, 0.2) is 0 Å². The van der Waals surface area contributed by atoms with Crippen LogP contribution in [0.15, 0.2) is 24.3 Å². The molecule has 5 nitrogen and oxygen atoms in total. The largest absolute Gasteiger partial charge is 0.480 e. The quantitative estimate of drug-likeness (QED) is 0.841. The molecule has 0 aromatic heterocycles. The number of nitrogens with zero attached hydrogens (tertiary/aromatic N) is 2. The molecule has 1 aromatic carbocycles. The van der Waals surface area contributed by atoms with Crippen molar-refractivity contribution in [2.45, 2.75) is 45.2 Å². The van der Waals surface area contributed by atoms with E-state index in [4.69, 9.17) is 0 Å². The second-order valence-corrected chi connectivity index (χ2v) is 5.93. The van der Waals surface area contributed by atoms with Gasteiger partial charge in [0, 0.05) is 30.9 Å². The minimum absolute atomic E-state index is 0.0704. The molecule has 1 amide bonds. The predicted molar refractivity (Wildman–Crippen MR) is 86.3 cm³/mol. The minimum atomic E-state index is -0.959. The number of anilines is 1. The van der Waals surface area contributed by atoms with Crippen LogP contribution in [-0.2, 0) is 4.79 Å². The highest BCUT2D eigenvalue weighted by Crippen LogP contribution is 2.30. The summed E-state index contributed by atoms with van der Waals surface area (Å²) >= 11 is 0. The molecule has 1 aromatic rings. The molecule has 0 radical (unpaired) electrons. The van der Waals surface area contributed by atoms with Crippen LogP contribution in [0.25, 0.3) is 0 Å². The first-order valence-corrected chi connectivity index (χ1v) is 7.82. The molecule has 0 saturated heterocycles. The van der Waals surface area contributed by atoms with Crippen molar-refractivity contribution in [3.8, 4) is 0 Å². The molecule has 1 saturated carbocycles. The molecule has 22 heavy (non-hydrogen) atoms. The Morgan fingerprint density at radius 3 is 2.32 bits per heavy atom. The Kier molecular flexibility index (Phi) is 5.06. The Balaban J connectivity index is 2.15. The molecule has 2 rings (SSSR count). The lowest BCUT2D eigenvalue weighted by atomic mass is 10.1. The van der Waals surface area contributed by atoms with Crippen LogP contribution >= 0.6 is 0 Å². The van der Waals surface area contributed by atoms with Crippen LogP contribution in [0.1, 0.15) is 43.5 Å². The van der Waals surface area contributed by atoms with Crippen LogP contribution in [0.4, 0.5) is 5.69 Å². The zero-order valence-corrected chi connectivity index (χ0v) is 13.5. The maximum atomic E-state index is 12.6. The van der Waals surface area contributed by atoms with E-state index >= 15 is 0 Å². The number of benzene rings is 1. The summed E-state index contributed by atoms with van der Waals surface area (Å²) in [6.45, 7) is 4.65. The van der Waals surface area contributed by atoms with Crippen molar-refractivity contribution in [3.63, 3.8) is 0 Å². The second kappa shape index (κ2) is 6.81. The number of carbonyl (C=O) groups excluding carboxylic acids is 1. The predicted octanol–water partition coefficient (Wildman–Crippen LogP) is 2.61. The third-order valence-corrected chi connectivity index (χ3v) is 4.06. The lowest BCUT2D eigenvalue weighted by molar-refractivity contribution is -0.141. The highest BCUT2D eigenvalue weighted by atomic mass is 16.4. The second-order valence-electron chi connectivity index (χ2n) is 5.93. The molecular weight excluding hydrogens is 280 g/mol. The third kappa shape index (κ3) is 3.59. The number of carbonyl (C=O) groups is 2. The number of carboxylic acid groups (broad SMARTS) is 1. The first-order chi connectivity index (χ1) is 10.5. The van der Waals surface area contributed by atoms with Gasteiger partial charge >= 0.3 is 5.97 Å². The molecule has 1 aliphatic rings. The summed E-state index contributed by atoms with van der Waals surface area (Å²) in [6, 6.07) is 6.68. The van der Waals surface area contributed by atoms with Crippen molar-refractivity contribution in [1.29, 1.82) is 0 Å². The first-order valence-electron chi connectivity index (χ1n) is 7.82. The molecule has 120 valence electrons. The van der Waals surface area contributed by atoms with Crippen LogP contribution in [0.5, 0.6) is 0 Å². The van der Waals surface area contributed by atoms with Gasteiger partial charge in [-0.2, -0.15) is 0 Å². The normalized spacial score (nSPS) is 15.2. The van der Waals surface area contributed by atoms with Gasteiger partial charge in [-0.3, -0.25) is 4.79 Å². The number of hydrogen-bond donors (Lipinski definition) is 1. The summed E-state index contributed by atoms with van der Waals surface area (Å²) in [5.41, 5.74) is 1.61. The molecule has 0 bridgehead atoms. The highest BCUT2D eigenvalue weighted by Gasteiger charge is 2.38. The molecule has 1 unspecified atom stereocenters. The fourth-order valence-electron chi connectivity index (χ4n) is 2.60. The van der Waals surface area contributed by atoms with E-state index in [0.717, 1.165) is 31.5 Å². The smallest absolute Gasteiger partial charge is 0.326 e. The number of hydrogen-bond acceptors (Lipinski definition) is 3. The fraction of sp³-hybridized carbons (Fsp3) is 0.529. The maximum Gasteiger partial charge on any atom is 0.326 e. The van der Waals surface area contributed by atoms with Crippen LogP contribution in [0.3, 0.4) is 0 Å². The Hall–Kier alpha value is -2.04. The molecule has 1 N–H and O–H groups in total. The van der Waals surface area contributed by atoms with E-state index < -0.39 is 12.0 Å². The Morgan fingerprint density at radius 1 is 1.27 bits per heavy atom. The van der Waals surface area contributed by atoms with Crippen molar-refractivity contribution in [1.82, 2.24) is 4.90 Å². The zero-order chi connectivity index (χ0) is 16.3. The Bertz CT molecular complexity index is 537. The number of rotatable bonds is 7. The van der Waals surface area contributed by atoms with Gasteiger partial charge in [0.1, 0.15) is 6.04 Å². The van der Waals surface area contributed by atoms with Crippen molar-refractivity contribution in [2.75, 3.05) is 18.5 Å². The first kappa shape index (κ1) is 16.3. The van der Waals surface area contributed by atoms with E-state index in [-0.39, 0.29) is 11.9 Å². The summed E-state index contributed by atoms with van der Waals surface area (Å²) in [6.07, 6.45) is 2.84. The van der Waals surface area contributed by atoms with Gasteiger partial charge < -0.3 is 14.9 Å². The Morgan fingerprint density at radius 2 is 1.86 bits per heavy atom. The van der Waals surface area contributed by atoms with Crippen molar-refractivity contribution >= 4 is 17.6 Å². The standard InChI is InChI=1S/C17H24N2O3/c1-4-11-18(3)14-7-5-13(6-8-14)16(20)19(15-9-10-15)12(2)17(21)22/h5-8,12,15H,4,9-11H2,1-3H3,(H,21,22). The number of carboxylic acids is 1. The topological polar surface area (TPSA) is 60.9 Å². The van der Waals surface area contributed by atoms with Crippen molar-refractivity contribution in [2.24, 2.45) is 0 Å². The van der Waals surface area contributed by atoms with Gasteiger partial charge in [0.2, 0.25) is 0 Å². The molecule has 5 heteroatoms. The van der Waals surface area contributed by atoms with Crippen LogP contribution < -0.4 is 4.90 Å². The fourth-order valence-corrected chi connectivity index (χ4v) is 2.60. The van der Waals surface area contributed by atoms with Crippen molar-refractivity contribution < 1.29 is 14.7 Å². The average molecular weight is 304 g/mol. The third-order valence-electron chi connectivity index (χ3n) is 4.06. The van der Waals surface area contributed by atoms with Gasteiger partial charge in [-0.1, -0.05) is 6.92 Å². The van der Waals surface area contributed by atoms with Crippen LogP contribution in [-0.4, -0.2) is 47.6 Å². The van der Waals surface area contributed by atoms with E-state index in [9.17, 15) is 14.7 Å².